The van der Waals surface area contributed by atoms with Crippen molar-refractivity contribution >= 4 is 5.91 Å². The minimum absolute atomic E-state index is 0.126. The summed E-state index contributed by atoms with van der Waals surface area (Å²) >= 11 is 0. The third kappa shape index (κ3) is 7.77. The van der Waals surface area contributed by atoms with Gasteiger partial charge in [-0.1, -0.05) is 64.0 Å². The van der Waals surface area contributed by atoms with Crippen molar-refractivity contribution in [3.63, 3.8) is 0 Å². The maximum absolute atomic E-state index is 12.0. The maximum atomic E-state index is 12.0. The summed E-state index contributed by atoms with van der Waals surface area (Å²) in [7, 11) is 0. The average Bonchev–Trinajstić information content (AvgIpc) is 2.62. The Morgan fingerprint density at radius 1 is 1.12 bits per heavy atom. The van der Waals surface area contributed by atoms with Gasteiger partial charge in [0.2, 0.25) is 5.91 Å². The Morgan fingerprint density at radius 2 is 1.81 bits per heavy atom. The Balaban J connectivity index is 1.56. The number of carbonyl (C=O) groups is 1. The van der Waals surface area contributed by atoms with Gasteiger partial charge >= 0.3 is 0 Å². The highest BCUT2D eigenvalue weighted by atomic mass is 16.5. The van der Waals surface area contributed by atoms with Crippen molar-refractivity contribution in [1.82, 2.24) is 4.90 Å². The van der Waals surface area contributed by atoms with Crippen LogP contribution in [-0.2, 0) is 11.2 Å². The van der Waals surface area contributed by atoms with Gasteiger partial charge in [0.15, 0.2) is 0 Å². The predicted molar refractivity (Wildman–Crippen MR) is 105 cm³/mol. The zero-order chi connectivity index (χ0) is 18.6. The second-order valence-electron chi connectivity index (χ2n) is 7.42. The molecule has 1 saturated heterocycles. The first kappa shape index (κ1) is 20.8. The lowest BCUT2D eigenvalue weighted by Crippen LogP contribution is -2.53. The summed E-state index contributed by atoms with van der Waals surface area (Å²) < 4.78 is 5.86. The molecule has 1 N–H and O–H groups in total. The fourth-order valence-corrected chi connectivity index (χ4v) is 3.29. The molecule has 1 aromatic rings. The van der Waals surface area contributed by atoms with Crippen LogP contribution in [0.1, 0.15) is 70.3 Å². The summed E-state index contributed by atoms with van der Waals surface area (Å²) in [5, 5.41) is 9.26. The third-order valence-corrected chi connectivity index (χ3v) is 5.01. The Labute approximate surface area is 158 Å². The van der Waals surface area contributed by atoms with E-state index in [4.69, 9.17) is 4.74 Å². The molecule has 0 radical (unpaired) electrons. The van der Waals surface area contributed by atoms with E-state index in [-0.39, 0.29) is 12.0 Å². The third-order valence-electron chi connectivity index (χ3n) is 5.01. The van der Waals surface area contributed by atoms with Gasteiger partial charge in [-0.2, -0.15) is 0 Å². The molecule has 0 bridgehead atoms. The van der Waals surface area contributed by atoms with Crippen LogP contribution in [0, 0.1) is 0 Å². The average molecular weight is 362 g/mol. The number of hydrogen-bond acceptors (Lipinski definition) is 3. The van der Waals surface area contributed by atoms with Crippen molar-refractivity contribution in [1.29, 1.82) is 0 Å². The zero-order valence-corrected chi connectivity index (χ0v) is 16.3. The monoisotopic (exact) mass is 361 g/mol. The normalized spacial score (nSPS) is 14.3. The van der Waals surface area contributed by atoms with Crippen molar-refractivity contribution in [2.75, 3.05) is 19.7 Å². The number of carbonyl (C=O) groups excluding carboxylic acids is 1. The van der Waals surface area contributed by atoms with Gasteiger partial charge in [0.05, 0.1) is 12.7 Å². The number of ether oxygens (including phenoxy) is 1. The molecule has 0 aliphatic carbocycles. The van der Waals surface area contributed by atoms with Gasteiger partial charge in [0, 0.05) is 19.5 Å². The number of aliphatic hydroxyl groups excluding tert-OH is 1. The number of amides is 1. The van der Waals surface area contributed by atoms with Gasteiger partial charge in [0.25, 0.3) is 0 Å². The number of nitrogens with zero attached hydrogens (tertiary/aromatic N) is 1. The van der Waals surface area contributed by atoms with E-state index in [1.807, 2.05) is 24.3 Å². The van der Waals surface area contributed by atoms with Crippen molar-refractivity contribution in [2.24, 2.45) is 0 Å². The van der Waals surface area contributed by atoms with Crippen LogP contribution in [0.5, 0.6) is 5.75 Å². The molecule has 0 saturated carbocycles. The molecule has 0 unspecified atom stereocenters. The molecule has 1 aliphatic heterocycles. The van der Waals surface area contributed by atoms with Crippen molar-refractivity contribution in [2.45, 2.75) is 77.2 Å². The summed E-state index contributed by atoms with van der Waals surface area (Å²) in [6.07, 6.45) is 11.3. The second-order valence-corrected chi connectivity index (χ2v) is 7.42. The number of aryl methyl sites for hydroxylation is 1. The largest absolute Gasteiger partial charge is 0.494 e. The summed E-state index contributed by atoms with van der Waals surface area (Å²) in [4.78, 5) is 13.7. The number of rotatable bonds is 13. The van der Waals surface area contributed by atoms with Crippen LogP contribution in [0.4, 0.5) is 0 Å². The second kappa shape index (κ2) is 11.9. The lowest BCUT2D eigenvalue weighted by Gasteiger charge is -2.35. The molecule has 0 aromatic heterocycles. The van der Waals surface area contributed by atoms with E-state index in [0.717, 1.165) is 30.8 Å². The van der Waals surface area contributed by atoms with Gasteiger partial charge < -0.3 is 14.7 Å². The first-order chi connectivity index (χ1) is 12.7. The lowest BCUT2D eigenvalue weighted by molar-refractivity contribution is -0.141. The molecule has 4 nitrogen and oxygen atoms in total. The van der Waals surface area contributed by atoms with Gasteiger partial charge in [-0.25, -0.2) is 0 Å². The lowest BCUT2D eigenvalue weighted by atomic mass is 10.1. The van der Waals surface area contributed by atoms with Crippen LogP contribution in [-0.4, -0.2) is 41.7 Å². The molecular weight excluding hydrogens is 326 g/mol. The highest BCUT2D eigenvalue weighted by Gasteiger charge is 2.28. The van der Waals surface area contributed by atoms with Crippen LogP contribution in [0.3, 0.4) is 0 Å². The highest BCUT2D eigenvalue weighted by Crippen LogP contribution is 2.17. The molecule has 146 valence electrons. The quantitative estimate of drug-likeness (QED) is 0.532. The summed E-state index contributed by atoms with van der Waals surface area (Å²) in [6.45, 7) is 3.99. The Hall–Kier alpha value is -1.55. The van der Waals surface area contributed by atoms with Crippen LogP contribution in [0.25, 0.3) is 0 Å². The minimum Gasteiger partial charge on any atom is -0.494 e. The standard InChI is InChI=1S/C22H35NO3/c1-2-3-4-5-6-7-8-9-15-26-21-12-10-11-19(16-21)13-14-22(25)23-17-20(24)18-23/h10-12,16,20,24H,2-9,13-15,17-18H2,1H3. The molecule has 4 heteroatoms. The molecule has 1 aromatic carbocycles. The summed E-state index contributed by atoms with van der Waals surface area (Å²) in [6, 6.07) is 8.07. The van der Waals surface area contributed by atoms with E-state index >= 15 is 0 Å². The fraction of sp³-hybridized carbons (Fsp3) is 0.682. The van der Waals surface area contributed by atoms with E-state index in [2.05, 4.69) is 6.92 Å². The molecule has 2 rings (SSSR count). The number of aliphatic hydroxyl groups is 1. The van der Waals surface area contributed by atoms with Gasteiger partial charge in [-0.3, -0.25) is 4.79 Å². The number of β-amino-alcohol motifs (C(OH)–C–C–N with tert-alkyl or cyclic N) is 1. The van der Waals surface area contributed by atoms with Crippen molar-refractivity contribution < 1.29 is 14.6 Å². The molecule has 26 heavy (non-hydrogen) atoms. The van der Waals surface area contributed by atoms with E-state index in [1.165, 1.54) is 44.9 Å². The number of hydrogen-bond donors (Lipinski definition) is 1. The van der Waals surface area contributed by atoms with Gasteiger partial charge in [-0.15, -0.1) is 0 Å². The summed E-state index contributed by atoms with van der Waals surface area (Å²) in [5.74, 6) is 1.03. The Kier molecular flexibility index (Phi) is 9.54. The van der Waals surface area contributed by atoms with Crippen molar-refractivity contribution in [3.05, 3.63) is 29.8 Å². The predicted octanol–water partition coefficient (Wildman–Crippen LogP) is 4.34. The number of benzene rings is 1. The fourth-order valence-electron chi connectivity index (χ4n) is 3.29. The van der Waals surface area contributed by atoms with Crippen LogP contribution >= 0.6 is 0 Å². The number of likely N-dealkylation sites (tertiary alicyclic amines) is 1. The highest BCUT2D eigenvalue weighted by molar-refractivity contribution is 5.77. The summed E-state index contributed by atoms with van der Waals surface area (Å²) in [5.41, 5.74) is 1.13. The SMILES string of the molecule is CCCCCCCCCCOc1cccc(CCC(=O)N2CC(O)C2)c1. The van der Waals surface area contributed by atoms with Crippen LogP contribution in [0.15, 0.2) is 24.3 Å². The Morgan fingerprint density at radius 3 is 2.50 bits per heavy atom. The Bertz CT molecular complexity index is 526. The topological polar surface area (TPSA) is 49.8 Å². The molecule has 0 atom stereocenters. The first-order valence-electron chi connectivity index (χ1n) is 10.4. The molecule has 0 spiro atoms. The first-order valence-corrected chi connectivity index (χ1v) is 10.4. The molecule has 1 heterocycles. The van der Waals surface area contributed by atoms with E-state index < -0.39 is 0 Å². The number of unbranched alkanes of at least 4 members (excludes halogenated alkanes) is 7. The minimum atomic E-state index is -0.327. The van der Waals surface area contributed by atoms with E-state index in [0.29, 0.717) is 19.5 Å². The van der Waals surface area contributed by atoms with Gasteiger partial charge in [0.1, 0.15) is 5.75 Å². The molecular formula is C22H35NO3. The van der Waals surface area contributed by atoms with Gasteiger partial charge in [-0.05, 0) is 30.5 Å². The molecule has 1 fully saturated rings. The maximum Gasteiger partial charge on any atom is 0.223 e. The molecule has 1 aliphatic rings. The molecule has 1 amide bonds. The van der Waals surface area contributed by atoms with Crippen LogP contribution in [0.2, 0.25) is 0 Å². The van der Waals surface area contributed by atoms with E-state index in [1.54, 1.807) is 4.90 Å². The smallest absolute Gasteiger partial charge is 0.223 e. The van der Waals surface area contributed by atoms with Crippen LogP contribution < -0.4 is 4.74 Å². The van der Waals surface area contributed by atoms with Crippen molar-refractivity contribution in [3.8, 4) is 5.75 Å². The van der Waals surface area contributed by atoms with E-state index in [9.17, 15) is 9.90 Å². The zero-order valence-electron chi connectivity index (χ0n) is 16.3.